The summed E-state index contributed by atoms with van der Waals surface area (Å²) in [6.45, 7) is 0. The normalized spacial score (nSPS) is 10.2. The summed E-state index contributed by atoms with van der Waals surface area (Å²) in [5, 5.41) is 0. The van der Waals surface area contributed by atoms with Gasteiger partial charge in [0.1, 0.15) is 5.82 Å². The minimum Gasteiger partial charge on any atom is -0.480 e. The Morgan fingerprint density at radius 1 is 1.30 bits per heavy atom. The van der Waals surface area contributed by atoms with Crippen LogP contribution in [0.25, 0.3) is 0 Å². The zero-order chi connectivity index (χ0) is 14.7. The lowest BCUT2D eigenvalue weighted by molar-refractivity contribution is 0.103. The van der Waals surface area contributed by atoms with Gasteiger partial charge in [-0.05, 0) is 18.2 Å². The molecule has 0 aliphatic carbocycles. The minimum absolute atomic E-state index is 0.00256. The third-order valence-corrected chi connectivity index (χ3v) is 2.60. The van der Waals surface area contributed by atoms with Gasteiger partial charge in [-0.1, -0.05) is 0 Å². The number of ether oxygens (including phenoxy) is 2. The Balaban J connectivity index is 2.50. The van der Waals surface area contributed by atoms with Crippen molar-refractivity contribution in [2.24, 2.45) is 0 Å². The number of nitrogens with two attached hydrogens (primary N) is 1. The molecule has 2 aromatic rings. The number of carbonyl (C=O) groups excluding carboxylic acids is 1. The zero-order valence-electron chi connectivity index (χ0n) is 10.9. The smallest absolute Gasteiger partial charge is 0.247 e. The van der Waals surface area contributed by atoms with Gasteiger partial charge in [0.15, 0.2) is 5.69 Å². The summed E-state index contributed by atoms with van der Waals surface area (Å²) in [4.78, 5) is 20.2. The lowest BCUT2D eigenvalue weighted by Gasteiger charge is -2.08. The lowest BCUT2D eigenvalue weighted by Crippen LogP contribution is -2.11. The fraction of sp³-hybridized carbons (Fsp3) is 0.154. The van der Waals surface area contributed by atoms with Gasteiger partial charge < -0.3 is 15.2 Å². The molecule has 7 heteroatoms. The molecule has 0 saturated carbocycles. The van der Waals surface area contributed by atoms with Gasteiger partial charge in [0.2, 0.25) is 17.5 Å². The number of hydrogen-bond acceptors (Lipinski definition) is 6. The van der Waals surface area contributed by atoms with Crippen LogP contribution in [-0.4, -0.2) is 30.0 Å². The van der Waals surface area contributed by atoms with E-state index in [-0.39, 0.29) is 28.7 Å². The summed E-state index contributed by atoms with van der Waals surface area (Å²) in [6, 6.07) is 3.53. The van der Waals surface area contributed by atoms with Gasteiger partial charge in [-0.2, -0.15) is 4.98 Å². The van der Waals surface area contributed by atoms with E-state index in [1.807, 2.05) is 0 Å². The van der Waals surface area contributed by atoms with E-state index in [1.54, 1.807) is 0 Å². The van der Waals surface area contributed by atoms with E-state index in [0.717, 1.165) is 6.07 Å². The van der Waals surface area contributed by atoms with Crippen molar-refractivity contribution in [2.75, 3.05) is 20.0 Å². The van der Waals surface area contributed by atoms with Crippen molar-refractivity contribution in [3.05, 3.63) is 41.5 Å². The molecule has 6 nitrogen and oxygen atoms in total. The van der Waals surface area contributed by atoms with E-state index in [4.69, 9.17) is 15.2 Å². The van der Waals surface area contributed by atoms with Gasteiger partial charge in [-0.25, -0.2) is 9.37 Å². The van der Waals surface area contributed by atoms with Crippen LogP contribution in [0.2, 0.25) is 0 Å². The van der Waals surface area contributed by atoms with E-state index >= 15 is 0 Å². The van der Waals surface area contributed by atoms with Crippen LogP contribution in [-0.2, 0) is 0 Å². The molecule has 0 radical (unpaired) electrons. The predicted octanol–water partition coefficient (Wildman–Crippen LogP) is 1.45. The van der Waals surface area contributed by atoms with Crippen molar-refractivity contribution in [3.63, 3.8) is 0 Å². The maximum absolute atomic E-state index is 13.2. The van der Waals surface area contributed by atoms with Crippen LogP contribution in [0.3, 0.4) is 0 Å². The van der Waals surface area contributed by atoms with Crippen LogP contribution in [0.15, 0.2) is 24.4 Å². The predicted molar refractivity (Wildman–Crippen MR) is 69.4 cm³/mol. The molecule has 0 atom stereocenters. The molecule has 0 unspecified atom stereocenters. The van der Waals surface area contributed by atoms with Crippen LogP contribution in [0.1, 0.15) is 16.1 Å². The first kappa shape index (κ1) is 13.7. The lowest BCUT2D eigenvalue weighted by atomic mass is 10.1. The van der Waals surface area contributed by atoms with Gasteiger partial charge in [0.05, 0.1) is 26.0 Å². The largest absolute Gasteiger partial charge is 0.480 e. The molecule has 1 aromatic heterocycles. The second-order valence-electron chi connectivity index (χ2n) is 3.83. The van der Waals surface area contributed by atoms with Crippen LogP contribution >= 0.6 is 0 Å². The molecule has 104 valence electrons. The molecule has 1 aromatic carbocycles. The van der Waals surface area contributed by atoms with Gasteiger partial charge in [0, 0.05) is 5.69 Å². The number of nitrogen functional groups attached to an aromatic ring is 1. The maximum atomic E-state index is 13.2. The van der Waals surface area contributed by atoms with Crippen molar-refractivity contribution in [3.8, 4) is 11.8 Å². The minimum atomic E-state index is -0.575. The number of ketones is 1. The highest BCUT2D eigenvalue weighted by Gasteiger charge is 2.21. The molecule has 0 aliphatic heterocycles. The summed E-state index contributed by atoms with van der Waals surface area (Å²) >= 11 is 0. The summed E-state index contributed by atoms with van der Waals surface area (Å²) in [7, 11) is 2.75. The second-order valence-corrected chi connectivity index (χ2v) is 3.83. The fourth-order valence-corrected chi connectivity index (χ4v) is 1.61. The molecule has 0 bridgehead atoms. The average molecular weight is 277 g/mol. The Hall–Kier alpha value is -2.70. The molecule has 0 aliphatic rings. The summed E-state index contributed by atoms with van der Waals surface area (Å²) in [5.74, 6) is -0.958. The van der Waals surface area contributed by atoms with Gasteiger partial charge in [-0.3, -0.25) is 4.79 Å². The highest BCUT2D eigenvalue weighted by atomic mass is 19.1. The van der Waals surface area contributed by atoms with Gasteiger partial charge in [-0.15, -0.1) is 0 Å². The molecule has 1 heterocycles. The number of benzene rings is 1. The first-order chi connectivity index (χ1) is 9.56. The number of rotatable bonds is 4. The third-order valence-electron chi connectivity index (χ3n) is 2.60. The Labute approximate surface area is 114 Å². The quantitative estimate of drug-likeness (QED) is 0.672. The van der Waals surface area contributed by atoms with Gasteiger partial charge >= 0.3 is 0 Å². The van der Waals surface area contributed by atoms with E-state index in [2.05, 4.69) is 9.97 Å². The van der Waals surface area contributed by atoms with E-state index in [1.165, 1.54) is 32.5 Å². The van der Waals surface area contributed by atoms with Crippen molar-refractivity contribution >= 4 is 11.5 Å². The van der Waals surface area contributed by atoms with Crippen molar-refractivity contribution in [1.82, 2.24) is 9.97 Å². The average Bonchev–Trinajstić information content (AvgIpc) is 2.48. The Morgan fingerprint density at radius 2 is 2.05 bits per heavy atom. The number of anilines is 1. The van der Waals surface area contributed by atoms with E-state index in [9.17, 15) is 9.18 Å². The van der Waals surface area contributed by atoms with Crippen LogP contribution in [0.4, 0.5) is 10.1 Å². The number of aromatic nitrogens is 2. The molecule has 2 N–H and O–H groups in total. The third kappa shape index (κ3) is 2.51. The van der Waals surface area contributed by atoms with Crippen LogP contribution < -0.4 is 15.2 Å². The number of halogens is 1. The molecule has 20 heavy (non-hydrogen) atoms. The number of nitrogens with zero attached hydrogens (tertiary/aromatic N) is 2. The Morgan fingerprint density at radius 3 is 2.70 bits per heavy atom. The standard InChI is InChI=1S/C13H12FN3O3/c1-19-10-6-16-11(13(17-10)20-2)12(18)8-5-7(14)3-4-9(8)15/h3-6H,15H2,1-2H3. The monoisotopic (exact) mass is 277 g/mol. The number of methoxy groups -OCH3 is 2. The fourth-order valence-electron chi connectivity index (χ4n) is 1.61. The number of hydrogen-bond donors (Lipinski definition) is 1. The molecule has 0 spiro atoms. The molecule has 0 fully saturated rings. The van der Waals surface area contributed by atoms with Crippen LogP contribution in [0, 0.1) is 5.82 Å². The molecule has 0 saturated heterocycles. The zero-order valence-corrected chi connectivity index (χ0v) is 10.9. The summed E-state index contributed by atoms with van der Waals surface area (Å²) in [5.41, 5.74) is 5.76. The first-order valence-electron chi connectivity index (χ1n) is 5.61. The van der Waals surface area contributed by atoms with Crippen LogP contribution in [0.5, 0.6) is 11.8 Å². The molecule has 2 rings (SSSR count). The SMILES string of the molecule is COc1cnc(C(=O)c2cc(F)ccc2N)c(OC)n1. The highest BCUT2D eigenvalue weighted by Crippen LogP contribution is 2.23. The Kier molecular flexibility index (Phi) is 3.79. The van der Waals surface area contributed by atoms with Crippen molar-refractivity contribution in [1.29, 1.82) is 0 Å². The van der Waals surface area contributed by atoms with Crippen molar-refractivity contribution in [2.45, 2.75) is 0 Å². The topological polar surface area (TPSA) is 87.3 Å². The van der Waals surface area contributed by atoms with E-state index < -0.39 is 11.6 Å². The van der Waals surface area contributed by atoms with Gasteiger partial charge in [0.25, 0.3) is 0 Å². The van der Waals surface area contributed by atoms with E-state index in [0.29, 0.717) is 0 Å². The molecular formula is C13H12FN3O3. The summed E-state index contributed by atoms with van der Waals surface area (Å²) in [6.07, 6.45) is 1.27. The summed E-state index contributed by atoms with van der Waals surface area (Å²) < 4.78 is 23.1. The maximum Gasteiger partial charge on any atom is 0.247 e. The second kappa shape index (κ2) is 5.52. The molecule has 0 amide bonds. The highest BCUT2D eigenvalue weighted by molar-refractivity contribution is 6.12. The van der Waals surface area contributed by atoms with Crippen molar-refractivity contribution < 1.29 is 18.7 Å². The number of carbonyl (C=O) groups is 1. The Bertz CT molecular complexity index is 661. The molecular weight excluding hydrogens is 265 g/mol. The first-order valence-corrected chi connectivity index (χ1v) is 5.61.